The number of hydrogen-bond acceptors (Lipinski definition) is 5. The van der Waals surface area contributed by atoms with Crippen LogP contribution in [0.5, 0.6) is 0 Å². The molecule has 1 aromatic heterocycles. The van der Waals surface area contributed by atoms with Gasteiger partial charge in [0.2, 0.25) is 0 Å². The number of thiazole rings is 1. The summed E-state index contributed by atoms with van der Waals surface area (Å²) in [5.41, 5.74) is 1.20. The van der Waals surface area contributed by atoms with Gasteiger partial charge in [0.1, 0.15) is 10.7 Å². The first-order chi connectivity index (χ1) is 12.8. The van der Waals surface area contributed by atoms with Crippen LogP contribution >= 0.6 is 34.5 Å². The Kier molecular flexibility index (Phi) is 5.90. The molecule has 0 saturated heterocycles. The first-order valence-electron chi connectivity index (χ1n) is 7.69. The van der Waals surface area contributed by atoms with Crippen molar-refractivity contribution in [2.24, 2.45) is 0 Å². The quantitative estimate of drug-likeness (QED) is 0.520. The van der Waals surface area contributed by atoms with Crippen molar-refractivity contribution in [1.82, 2.24) is 4.98 Å². The Morgan fingerprint density at radius 1 is 1.19 bits per heavy atom. The van der Waals surface area contributed by atoms with Gasteiger partial charge in [0.05, 0.1) is 10.7 Å². The number of nitrogens with one attached hydrogen (secondary N) is 2. The molecule has 142 valence electrons. The smallest absolute Gasteiger partial charge is 0.266 e. The minimum Gasteiger partial charge on any atom is -0.377 e. The normalized spacial score (nSPS) is 12.6. The minimum atomic E-state index is -4.14. The Balaban J connectivity index is 1.85. The molecule has 0 spiro atoms. The van der Waals surface area contributed by atoms with Crippen LogP contribution in [0.4, 0.5) is 15.2 Å². The monoisotopic (exact) mass is 445 g/mol. The second kappa shape index (κ2) is 8.02. The van der Waals surface area contributed by atoms with E-state index < -0.39 is 20.7 Å². The van der Waals surface area contributed by atoms with E-state index in [4.69, 9.17) is 23.2 Å². The summed E-state index contributed by atoms with van der Waals surface area (Å²) < 4.78 is 41.5. The van der Waals surface area contributed by atoms with Gasteiger partial charge < -0.3 is 5.32 Å². The maximum Gasteiger partial charge on any atom is 0.266 e. The summed E-state index contributed by atoms with van der Waals surface area (Å²) in [6.07, 6.45) is 1.44. The SMILES string of the molecule is C[C@H](Nc1cc(F)c(S(=O)(=O)Nc2nccs2)cc1Cl)c1ccc(Cl)cc1. The van der Waals surface area contributed by atoms with E-state index in [1.54, 1.807) is 17.5 Å². The molecule has 0 unspecified atom stereocenters. The van der Waals surface area contributed by atoms with E-state index in [1.165, 1.54) is 6.20 Å². The molecule has 0 aliphatic carbocycles. The average molecular weight is 446 g/mol. The molecule has 1 heterocycles. The number of anilines is 2. The molecule has 0 radical (unpaired) electrons. The van der Waals surface area contributed by atoms with Crippen molar-refractivity contribution >= 4 is 55.4 Å². The Morgan fingerprint density at radius 2 is 1.89 bits per heavy atom. The number of hydrogen-bond donors (Lipinski definition) is 2. The van der Waals surface area contributed by atoms with Gasteiger partial charge in [0.15, 0.2) is 5.13 Å². The van der Waals surface area contributed by atoms with Gasteiger partial charge in [-0.2, -0.15) is 0 Å². The molecule has 27 heavy (non-hydrogen) atoms. The summed E-state index contributed by atoms with van der Waals surface area (Å²) in [6.45, 7) is 1.87. The summed E-state index contributed by atoms with van der Waals surface area (Å²) >= 11 is 13.2. The highest BCUT2D eigenvalue weighted by Crippen LogP contribution is 2.32. The van der Waals surface area contributed by atoms with E-state index in [0.29, 0.717) is 5.02 Å². The summed E-state index contributed by atoms with van der Waals surface area (Å²) in [5, 5.41) is 5.51. The van der Waals surface area contributed by atoms with Gasteiger partial charge in [0, 0.05) is 22.6 Å². The van der Waals surface area contributed by atoms with Gasteiger partial charge >= 0.3 is 0 Å². The molecule has 0 fully saturated rings. The minimum absolute atomic E-state index is 0.0803. The first-order valence-corrected chi connectivity index (χ1v) is 10.8. The molecule has 0 aliphatic rings. The predicted octanol–water partition coefficient (Wildman–Crippen LogP) is 5.56. The Bertz CT molecular complexity index is 1040. The van der Waals surface area contributed by atoms with Crippen LogP contribution in [0.2, 0.25) is 10.0 Å². The third-order valence-electron chi connectivity index (χ3n) is 3.71. The molecule has 0 bridgehead atoms. The first kappa shape index (κ1) is 19.9. The highest BCUT2D eigenvalue weighted by molar-refractivity contribution is 7.93. The lowest BCUT2D eigenvalue weighted by Gasteiger charge is -2.18. The number of aromatic nitrogens is 1. The second-order valence-corrected chi connectivity index (χ2v) is 9.01. The standard InChI is InChI=1S/C17H14Cl2FN3O2S2/c1-10(11-2-4-12(18)5-3-11)22-15-9-14(20)16(8-13(15)19)27(24,25)23-17-21-6-7-26-17/h2-10,22H,1H3,(H,21,23)/t10-/m0/s1. The molecule has 5 nitrogen and oxygen atoms in total. The lowest BCUT2D eigenvalue weighted by molar-refractivity contribution is 0.570. The molecule has 10 heteroatoms. The Labute approximate surface area is 170 Å². The van der Waals surface area contributed by atoms with E-state index >= 15 is 0 Å². The van der Waals surface area contributed by atoms with Gasteiger partial charge in [-0.3, -0.25) is 4.72 Å². The zero-order chi connectivity index (χ0) is 19.6. The number of sulfonamides is 1. The lowest BCUT2D eigenvalue weighted by atomic mass is 10.1. The fourth-order valence-corrected chi connectivity index (χ4v) is 4.64. The van der Waals surface area contributed by atoms with Crippen LogP contribution < -0.4 is 10.0 Å². The molecular weight excluding hydrogens is 432 g/mol. The van der Waals surface area contributed by atoms with Gasteiger partial charge in [-0.05, 0) is 36.8 Å². The molecule has 3 rings (SSSR count). The van der Waals surface area contributed by atoms with Crippen molar-refractivity contribution in [3.05, 3.63) is 69.4 Å². The maximum absolute atomic E-state index is 14.5. The second-order valence-electron chi connectivity index (χ2n) is 5.62. The number of nitrogens with zero attached hydrogens (tertiary/aromatic N) is 1. The van der Waals surface area contributed by atoms with Crippen LogP contribution in [-0.4, -0.2) is 13.4 Å². The maximum atomic E-state index is 14.5. The highest BCUT2D eigenvalue weighted by atomic mass is 35.5. The van der Waals surface area contributed by atoms with Gasteiger partial charge in [-0.15, -0.1) is 11.3 Å². The van der Waals surface area contributed by atoms with Crippen LogP contribution in [0.1, 0.15) is 18.5 Å². The lowest BCUT2D eigenvalue weighted by Crippen LogP contribution is -2.15. The van der Waals surface area contributed by atoms with Crippen LogP contribution in [0.15, 0.2) is 52.9 Å². The molecule has 0 saturated carbocycles. The van der Waals surface area contributed by atoms with E-state index in [-0.39, 0.29) is 21.9 Å². The molecule has 2 N–H and O–H groups in total. The summed E-state index contributed by atoms with van der Waals surface area (Å²) in [4.78, 5) is 3.28. The van der Waals surface area contributed by atoms with Crippen LogP contribution in [-0.2, 0) is 10.0 Å². The summed E-state index contributed by atoms with van der Waals surface area (Å²) in [7, 11) is -4.14. The highest BCUT2D eigenvalue weighted by Gasteiger charge is 2.23. The molecular formula is C17H14Cl2FN3O2S2. The number of halogens is 3. The molecule has 3 aromatic rings. The van der Waals surface area contributed by atoms with E-state index in [9.17, 15) is 12.8 Å². The van der Waals surface area contributed by atoms with Gasteiger partial charge in [-0.25, -0.2) is 17.8 Å². The van der Waals surface area contributed by atoms with Crippen LogP contribution in [0, 0.1) is 5.82 Å². The van der Waals surface area contributed by atoms with Crippen molar-refractivity contribution in [3.8, 4) is 0 Å². The third kappa shape index (κ3) is 4.70. The van der Waals surface area contributed by atoms with Crippen LogP contribution in [0.25, 0.3) is 0 Å². The predicted molar refractivity (Wildman–Crippen MR) is 108 cm³/mol. The van der Waals surface area contributed by atoms with E-state index in [1.807, 2.05) is 19.1 Å². The van der Waals surface area contributed by atoms with E-state index in [2.05, 4.69) is 15.0 Å². The largest absolute Gasteiger partial charge is 0.377 e. The van der Waals surface area contributed by atoms with Crippen molar-refractivity contribution in [1.29, 1.82) is 0 Å². The fourth-order valence-electron chi connectivity index (χ4n) is 2.36. The topological polar surface area (TPSA) is 71.1 Å². The zero-order valence-corrected chi connectivity index (χ0v) is 17.1. The van der Waals surface area contributed by atoms with E-state index in [0.717, 1.165) is 29.0 Å². The summed E-state index contributed by atoms with van der Waals surface area (Å²) in [6, 6.07) is 9.10. The van der Waals surface area contributed by atoms with Crippen molar-refractivity contribution in [2.75, 3.05) is 10.0 Å². The number of rotatable bonds is 6. The van der Waals surface area contributed by atoms with Crippen molar-refractivity contribution < 1.29 is 12.8 Å². The van der Waals surface area contributed by atoms with Crippen LogP contribution in [0.3, 0.4) is 0 Å². The Morgan fingerprint density at radius 3 is 2.52 bits per heavy atom. The fraction of sp³-hybridized carbons (Fsp3) is 0.118. The van der Waals surface area contributed by atoms with Crippen molar-refractivity contribution in [3.63, 3.8) is 0 Å². The Hall–Kier alpha value is -1.87. The van der Waals surface area contributed by atoms with Gasteiger partial charge in [-0.1, -0.05) is 35.3 Å². The van der Waals surface area contributed by atoms with Crippen molar-refractivity contribution in [2.45, 2.75) is 17.9 Å². The zero-order valence-electron chi connectivity index (χ0n) is 13.9. The third-order valence-corrected chi connectivity index (χ3v) is 6.44. The van der Waals surface area contributed by atoms with Gasteiger partial charge in [0.25, 0.3) is 10.0 Å². The molecule has 2 aromatic carbocycles. The molecule has 1 atom stereocenters. The average Bonchev–Trinajstić information content (AvgIpc) is 3.10. The summed E-state index contributed by atoms with van der Waals surface area (Å²) in [5.74, 6) is -0.922. The number of benzene rings is 2. The molecule has 0 aliphatic heterocycles. The molecule has 0 amide bonds.